The number of aliphatic hydroxyl groups excluding tert-OH is 1. The fourth-order valence-corrected chi connectivity index (χ4v) is 3.30. The number of rotatable bonds is 3. The molecule has 0 aromatic rings. The van der Waals surface area contributed by atoms with E-state index in [2.05, 4.69) is 11.8 Å². The van der Waals surface area contributed by atoms with Crippen LogP contribution in [0, 0.1) is 5.92 Å². The Hall–Kier alpha value is -0.650. The van der Waals surface area contributed by atoms with Crippen LogP contribution < -0.4 is 5.73 Å². The highest BCUT2D eigenvalue weighted by atomic mass is 16.3. The van der Waals surface area contributed by atoms with Crippen molar-refractivity contribution in [3.05, 3.63) is 0 Å². The summed E-state index contributed by atoms with van der Waals surface area (Å²) in [7, 11) is 0. The van der Waals surface area contributed by atoms with Crippen LogP contribution in [0.2, 0.25) is 0 Å². The van der Waals surface area contributed by atoms with Gasteiger partial charge in [0, 0.05) is 44.2 Å². The van der Waals surface area contributed by atoms with Gasteiger partial charge in [0.1, 0.15) is 0 Å². The van der Waals surface area contributed by atoms with Gasteiger partial charge in [-0.3, -0.25) is 9.69 Å². The first kappa shape index (κ1) is 14.8. The van der Waals surface area contributed by atoms with E-state index in [-0.39, 0.29) is 24.0 Å². The van der Waals surface area contributed by atoms with E-state index in [0.29, 0.717) is 12.6 Å². The zero-order valence-electron chi connectivity index (χ0n) is 12.1. The van der Waals surface area contributed by atoms with Gasteiger partial charge in [0.25, 0.3) is 0 Å². The number of piperazine rings is 1. The fraction of sp³-hybridized carbons (Fsp3) is 0.929. The van der Waals surface area contributed by atoms with Gasteiger partial charge >= 0.3 is 0 Å². The number of amides is 1. The Morgan fingerprint density at radius 3 is 2.68 bits per heavy atom. The lowest BCUT2D eigenvalue weighted by molar-refractivity contribution is -0.138. The predicted octanol–water partition coefficient (Wildman–Crippen LogP) is 0.0273. The van der Waals surface area contributed by atoms with Crippen molar-refractivity contribution in [1.29, 1.82) is 0 Å². The van der Waals surface area contributed by atoms with Crippen molar-refractivity contribution >= 4 is 5.91 Å². The number of aliphatic hydroxyl groups is 1. The highest BCUT2D eigenvalue weighted by molar-refractivity contribution is 5.79. The van der Waals surface area contributed by atoms with E-state index >= 15 is 0 Å². The Labute approximate surface area is 115 Å². The molecule has 2 fully saturated rings. The minimum Gasteiger partial charge on any atom is -0.392 e. The quantitative estimate of drug-likeness (QED) is 0.758. The van der Waals surface area contributed by atoms with Gasteiger partial charge in [0.2, 0.25) is 5.91 Å². The van der Waals surface area contributed by atoms with Gasteiger partial charge in [-0.25, -0.2) is 0 Å². The first-order valence-electron chi connectivity index (χ1n) is 7.44. The Morgan fingerprint density at radius 1 is 1.42 bits per heavy atom. The topological polar surface area (TPSA) is 69.8 Å². The third-order valence-corrected chi connectivity index (χ3v) is 4.40. The molecular weight excluding hydrogens is 242 g/mol. The van der Waals surface area contributed by atoms with Crippen molar-refractivity contribution in [1.82, 2.24) is 9.80 Å². The van der Waals surface area contributed by atoms with E-state index in [1.54, 1.807) is 0 Å². The molecule has 0 bridgehead atoms. The molecule has 4 unspecified atom stereocenters. The number of carbonyl (C=O) groups is 1. The molecule has 1 amide bonds. The van der Waals surface area contributed by atoms with Crippen LogP contribution in [0.3, 0.4) is 0 Å². The lowest BCUT2D eigenvalue weighted by atomic mass is 10.0. The van der Waals surface area contributed by atoms with Crippen molar-refractivity contribution in [2.45, 2.75) is 51.3 Å². The molecule has 110 valence electrons. The second-order valence-corrected chi connectivity index (χ2v) is 6.25. The maximum absolute atomic E-state index is 12.4. The van der Waals surface area contributed by atoms with Gasteiger partial charge in [0.15, 0.2) is 0 Å². The number of nitrogens with zero attached hydrogens (tertiary/aromatic N) is 2. The molecule has 1 heterocycles. The Kier molecular flexibility index (Phi) is 4.81. The number of carbonyl (C=O) groups excluding carboxylic acids is 1. The van der Waals surface area contributed by atoms with Crippen LogP contribution in [0.4, 0.5) is 0 Å². The molecule has 3 N–H and O–H groups in total. The molecule has 2 rings (SSSR count). The summed E-state index contributed by atoms with van der Waals surface area (Å²) in [4.78, 5) is 16.7. The molecule has 5 heteroatoms. The highest BCUT2D eigenvalue weighted by Crippen LogP contribution is 2.27. The van der Waals surface area contributed by atoms with E-state index in [9.17, 15) is 9.90 Å². The molecule has 0 radical (unpaired) electrons. The smallest absolute Gasteiger partial charge is 0.225 e. The van der Waals surface area contributed by atoms with Crippen LogP contribution >= 0.6 is 0 Å². The first-order valence-corrected chi connectivity index (χ1v) is 7.44. The van der Waals surface area contributed by atoms with Crippen LogP contribution in [0.5, 0.6) is 0 Å². The Balaban J connectivity index is 1.85. The van der Waals surface area contributed by atoms with Crippen LogP contribution in [-0.4, -0.2) is 65.2 Å². The monoisotopic (exact) mass is 269 g/mol. The molecule has 19 heavy (non-hydrogen) atoms. The van der Waals surface area contributed by atoms with Crippen LogP contribution in [-0.2, 0) is 4.79 Å². The summed E-state index contributed by atoms with van der Waals surface area (Å²) in [5.41, 5.74) is 5.89. The molecule has 1 saturated carbocycles. The van der Waals surface area contributed by atoms with Gasteiger partial charge in [-0.2, -0.15) is 0 Å². The highest BCUT2D eigenvalue weighted by Gasteiger charge is 2.34. The third-order valence-electron chi connectivity index (χ3n) is 4.40. The zero-order chi connectivity index (χ0) is 14.0. The number of β-amino-alcohol motifs (C(OH)–C–C–N with tert-alkyl or cyclic N) is 1. The van der Waals surface area contributed by atoms with Crippen molar-refractivity contribution in [2.24, 2.45) is 11.7 Å². The van der Waals surface area contributed by atoms with Gasteiger partial charge in [0.05, 0.1) is 6.10 Å². The van der Waals surface area contributed by atoms with Gasteiger partial charge < -0.3 is 15.7 Å². The summed E-state index contributed by atoms with van der Waals surface area (Å²) >= 11 is 0. The van der Waals surface area contributed by atoms with E-state index in [1.807, 2.05) is 11.8 Å². The summed E-state index contributed by atoms with van der Waals surface area (Å²) < 4.78 is 0. The van der Waals surface area contributed by atoms with Crippen LogP contribution in [0.25, 0.3) is 0 Å². The first-order chi connectivity index (χ1) is 8.97. The summed E-state index contributed by atoms with van der Waals surface area (Å²) in [6.07, 6.45) is 2.47. The van der Waals surface area contributed by atoms with Gasteiger partial charge in [-0.15, -0.1) is 0 Å². The molecule has 0 aromatic carbocycles. The number of hydrogen-bond donors (Lipinski definition) is 2. The van der Waals surface area contributed by atoms with Crippen molar-refractivity contribution in [2.75, 3.05) is 26.2 Å². The number of hydrogen-bond acceptors (Lipinski definition) is 4. The largest absolute Gasteiger partial charge is 0.392 e. The second-order valence-electron chi connectivity index (χ2n) is 6.25. The van der Waals surface area contributed by atoms with Crippen LogP contribution in [0.15, 0.2) is 0 Å². The molecule has 0 aromatic heterocycles. The average molecular weight is 269 g/mol. The Bertz CT molecular complexity index is 322. The minimum atomic E-state index is -0.308. The molecule has 5 nitrogen and oxygen atoms in total. The minimum absolute atomic E-state index is 0.144. The zero-order valence-corrected chi connectivity index (χ0v) is 12.1. The maximum Gasteiger partial charge on any atom is 0.225 e. The lowest BCUT2D eigenvalue weighted by Gasteiger charge is -2.41. The fourth-order valence-electron chi connectivity index (χ4n) is 3.30. The third kappa shape index (κ3) is 3.68. The van der Waals surface area contributed by atoms with E-state index < -0.39 is 0 Å². The normalized spacial score (nSPS) is 34.5. The molecule has 1 aliphatic carbocycles. The standard InChI is InChI=1S/C14H27N3O2/c1-10-8-17(6-5-16(10)9-11(2)18)14(19)12-3-4-13(15)7-12/h10-13,18H,3-9,15H2,1-2H3. The summed E-state index contributed by atoms with van der Waals surface area (Å²) in [5.74, 6) is 0.432. The van der Waals surface area contributed by atoms with Crippen molar-refractivity contribution < 1.29 is 9.90 Å². The van der Waals surface area contributed by atoms with Crippen molar-refractivity contribution in [3.8, 4) is 0 Å². The van der Waals surface area contributed by atoms with Crippen molar-refractivity contribution in [3.63, 3.8) is 0 Å². The van der Waals surface area contributed by atoms with E-state index in [0.717, 1.165) is 38.9 Å². The molecule has 4 atom stereocenters. The maximum atomic E-state index is 12.4. The Morgan fingerprint density at radius 2 is 2.16 bits per heavy atom. The van der Waals surface area contributed by atoms with E-state index in [4.69, 9.17) is 5.73 Å². The second kappa shape index (κ2) is 6.20. The number of nitrogens with two attached hydrogens (primary N) is 1. The summed E-state index contributed by atoms with van der Waals surface area (Å²) in [6, 6.07) is 0.533. The molecule has 1 saturated heterocycles. The summed E-state index contributed by atoms with van der Waals surface area (Å²) in [6.45, 7) is 7.04. The summed E-state index contributed by atoms with van der Waals surface area (Å²) in [5, 5.41) is 9.46. The molecule has 2 aliphatic rings. The molecule has 1 aliphatic heterocycles. The SMILES string of the molecule is CC(O)CN1CCN(C(=O)C2CCC(N)C2)CC1C. The lowest BCUT2D eigenvalue weighted by Crippen LogP contribution is -2.55. The van der Waals surface area contributed by atoms with E-state index in [1.165, 1.54) is 0 Å². The predicted molar refractivity (Wildman–Crippen MR) is 74.6 cm³/mol. The van der Waals surface area contributed by atoms with Crippen LogP contribution in [0.1, 0.15) is 33.1 Å². The average Bonchev–Trinajstić information content (AvgIpc) is 2.77. The molecular formula is C14H27N3O2. The van der Waals surface area contributed by atoms with Gasteiger partial charge in [-0.1, -0.05) is 0 Å². The molecule has 0 spiro atoms. The van der Waals surface area contributed by atoms with Gasteiger partial charge in [-0.05, 0) is 33.1 Å².